The first-order chi connectivity index (χ1) is 6.04. The molecule has 0 heterocycles. The van der Waals surface area contributed by atoms with Crippen molar-refractivity contribution in [3.63, 3.8) is 0 Å². The molecule has 1 rings (SSSR count). The van der Waals surface area contributed by atoms with Gasteiger partial charge in [0.05, 0.1) is 5.92 Å². The average Bonchev–Trinajstić information content (AvgIpc) is 2.02. The maximum absolute atomic E-state index is 11.1. The van der Waals surface area contributed by atoms with Crippen molar-refractivity contribution < 1.29 is 9.59 Å². The molecule has 72 valence electrons. The van der Waals surface area contributed by atoms with E-state index in [2.05, 4.69) is 0 Å². The first kappa shape index (κ1) is 9.77. The van der Waals surface area contributed by atoms with Crippen LogP contribution in [0.4, 0.5) is 0 Å². The standard InChI is InChI=1S/C9H14N2O2/c1-5-3-2-4-6(8(10)12)7(5)9(11)13/h4-5,7H,2-3H2,1H3,(H2,10,12)(H2,11,13). The normalized spacial score (nSPS) is 27.9. The summed E-state index contributed by atoms with van der Waals surface area (Å²) in [4.78, 5) is 22.0. The van der Waals surface area contributed by atoms with Crippen LogP contribution >= 0.6 is 0 Å². The third kappa shape index (κ3) is 1.88. The van der Waals surface area contributed by atoms with E-state index in [0.717, 1.165) is 12.8 Å². The van der Waals surface area contributed by atoms with Gasteiger partial charge in [-0.15, -0.1) is 0 Å². The van der Waals surface area contributed by atoms with Gasteiger partial charge >= 0.3 is 0 Å². The van der Waals surface area contributed by atoms with Gasteiger partial charge in [0.2, 0.25) is 11.8 Å². The van der Waals surface area contributed by atoms with Gasteiger partial charge < -0.3 is 11.5 Å². The van der Waals surface area contributed by atoms with Crippen LogP contribution in [0.25, 0.3) is 0 Å². The zero-order valence-corrected chi connectivity index (χ0v) is 7.62. The molecule has 4 N–H and O–H groups in total. The van der Waals surface area contributed by atoms with Gasteiger partial charge in [-0.05, 0) is 18.8 Å². The molecule has 0 spiro atoms. The predicted octanol–water partition coefficient (Wildman–Crippen LogP) is -0.0705. The van der Waals surface area contributed by atoms with Gasteiger partial charge in [0, 0.05) is 5.57 Å². The number of nitrogens with two attached hydrogens (primary N) is 2. The van der Waals surface area contributed by atoms with Crippen molar-refractivity contribution in [3.05, 3.63) is 11.6 Å². The highest BCUT2D eigenvalue weighted by atomic mass is 16.2. The summed E-state index contributed by atoms with van der Waals surface area (Å²) in [5.41, 5.74) is 10.7. The third-order valence-corrected chi connectivity index (χ3v) is 2.48. The third-order valence-electron chi connectivity index (χ3n) is 2.48. The number of primary amides is 2. The van der Waals surface area contributed by atoms with Crippen molar-refractivity contribution >= 4 is 11.8 Å². The van der Waals surface area contributed by atoms with Crippen LogP contribution in [0.5, 0.6) is 0 Å². The Morgan fingerprint density at radius 2 is 2.08 bits per heavy atom. The number of allylic oxidation sites excluding steroid dienone is 1. The van der Waals surface area contributed by atoms with Crippen LogP contribution in [0.2, 0.25) is 0 Å². The molecule has 0 aromatic rings. The minimum atomic E-state index is -0.532. The summed E-state index contributed by atoms with van der Waals surface area (Å²) in [5.74, 6) is -1.37. The molecule has 13 heavy (non-hydrogen) atoms. The fourth-order valence-corrected chi connectivity index (χ4v) is 1.79. The molecular weight excluding hydrogens is 168 g/mol. The van der Waals surface area contributed by atoms with Gasteiger partial charge in [0.25, 0.3) is 0 Å². The highest BCUT2D eigenvalue weighted by molar-refractivity contribution is 5.99. The van der Waals surface area contributed by atoms with Crippen LogP contribution in [-0.2, 0) is 9.59 Å². The van der Waals surface area contributed by atoms with Gasteiger partial charge in [0.15, 0.2) is 0 Å². The second-order valence-electron chi connectivity index (χ2n) is 3.46. The second-order valence-corrected chi connectivity index (χ2v) is 3.46. The molecule has 0 saturated carbocycles. The Kier molecular flexibility index (Phi) is 2.70. The predicted molar refractivity (Wildman–Crippen MR) is 48.4 cm³/mol. The summed E-state index contributed by atoms with van der Waals surface area (Å²) >= 11 is 0. The summed E-state index contributed by atoms with van der Waals surface area (Å²) in [6.07, 6.45) is 3.39. The van der Waals surface area contributed by atoms with E-state index < -0.39 is 17.7 Å². The Bertz CT molecular complexity index is 271. The minimum Gasteiger partial charge on any atom is -0.369 e. The summed E-state index contributed by atoms with van der Waals surface area (Å²) < 4.78 is 0. The molecule has 2 atom stereocenters. The molecule has 4 nitrogen and oxygen atoms in total. The van der Waals surface area contributed by atoms with Crippen molar-refractivity contribution in [3.8, 4) is 0 Å². The molecule has 2 amide bonds. The first-order valence-corrected chi connectivity index (χ1v) is 4.33. The number of rotatable bonds is 2. The molecule has 0 radical (unpaired) electrons. The maximum atomic E-state index is 11.1. The van der Waals surface area contributed by atoms with E-state index in [1.165, 1.54) is 0 Å². The van der Waals surface area contributed by atoms with Crippen LogP contribution in [0, 0.1) is 11.8 Å². The van der Waals surface area contributed by atoms with Gasteiger partial charge in [-0.1, -0.05) is 13.0 Å². The number of carbonyl (C=O) groups is 2. The molecule has 2 unspecified atom stereocenters. The summed E-state index contributed by atoms with van der Waals surface area (Å²) in [5, 5.41) is 0. The Balaban J connectivity index is 2.96. The largest absolute Gasteiger partial charge is 0.369 e. The maximum Gasteiger partial charge on any atom is 0.245 e. The van der Waals surface area contributed by atoms with Gasteiger partial charge in [-0.25, -0.2) is 0 Å². The summed E-state index contributed by atoms with van der Waals surface area (Å²) in [7, 11) is 0. The van der Waals surface area contributed by atoms with Crippen molar-refractivity contribution in [2.24, 2.45) is 23.3 Å². The highest BCUT2D eigenvalue weighted by Gasteiger charge is 2.31. The molecular formula is C9H14N2O2. The number of carbonyl (C=O) groups excluding carboxylic acids is 2. The van der Waals surface area contributed by atoms with Crippen LogP contribution in [0.15, 0.2) is 11.6 Å². The smallest absolute Gasteiger partial charge is 0.245 e. The van der Waals surface area contributed by atoms with Gasteiger partial charge in [-0.3, -0.25) is 9.59 Å². The van der Waals surface area contributed by atoms with Gasteiger partial charge in [0.1, 0.15) is 0 Å². The SMILES string of the molecule is CC1CCC=C(C(N)=O)C1C(N)=O. The van der Waals surface area contributed by atoms with Crippen molar-refractivity contribution in [2.45, 2.75) is 19.8 Å². The molecule has 1 aliphatic carbocycles. The van der Waals surface area contributed by atoms with Crippen LogP contribution < -0.4 is 11.5 Å². The molecule has 0 fully saturated rings. The fraction of sp³-hybridized carbons (Fsp3) is 0.556. The molecule has 0 bridgehead atoms. The average molecular weight is 182 g/mol. The molecule has 0 aliphatic heterocycles. The lowest BCUT2D eigenvalue weighted by Crippen LogP contribution is -2.36. The van der Waals surface area contributed by atoms with E-state index in [-0.39, 0.29) is 5.92 Å². The quantitative estimate of drug-likeness (QED) is 0.626. The molecule has 0 aromatic heterocycles. The van der Waals surface area contributed by atoms with Crippen molar-refractivity contribution in [1.29, 1.82) is 0 Å². The minimum absolute atomic E-state index is 0.116. The van der Waals surface area contributed by atoms with Crippen LogP contribution in [0.3, 0.4) is 0 Å². The monoisotopic (exact) mass is 182 g/mol. The van der Waals surface area contributed by atoms with Crippen LogP contribution in [0.1, 0.15) is 19.8 Å². The lowest BCUT2D eigenvalue weighted by atomic mass is 9.79. The van der Waals surface area contributed by atoms with Crippen molar-refractivity contribution in [1.82, 2.24) is 0 Å². The Morgan fingerprint density at radius 1 is 1.46 bits per heavy atom. The Labute approximate surface area is 77.0 Å². The molecule has 0 saturated heterocycles. The summed E-state index contributed by atoms with van der Waals surface area (Å²) in [6.45, 7) is 1.91. The number of hydrogen-bond donors (Lipinski definition) is 2. The molecule has 1 aliphatic rings. The van der Waals surface area contributed by atoms with E-state index in [0.29, 0.717) is 5.57 Å². The lowest BCUT2D eigenvalue weighted by Gasteiger charge is -2.25. The zero-order chi connectivity index (χ0) is 10.0. The lowest BCUT2D eigenvalue weighted by molar-refractivity contribution is -0.125. The Hall–Kier alpha value is -1.32. The number of amides is 2. The number of hydrogen-bond acceptors (Lipinski definition) is 2. The van der Waals surface area contributed by atoms with Gasteiger partial charge in [-0.2, -0.15) is 0 Å². The topological polar surface area (TPSA) is 86.2 Å². The second kappa shape index (κ2) is 3.60. The van der Waals surface area contributed by atoms with E-state index in [1.807, 2.05) is 6.92 Å². The molecule has 0 aromatic carbocycles. The molecule has 4 heteroatoms. The van der Waals surface area contributed by atoms with E-state index in [9.17, 15) is 9.59 Å². The zero-order valence-electron chi connectivity index (χ0n) is 7.62. The Morgan fingerprint density at radius 3 is 2.46 bits per heavy atom. The van der Waals surface area contributed by atoms with Crippen molar-refractivity contribution in [2.75, 3.05) is 0 Å². The summed E-state index contributed by atoms with van der Waals surface area (Å²) in [6, 6.07) is 0. The van der Waals surface area contributed by atoms with E-state index in [1.54, 1.807) is 6.08 Å². The van der Waals surface area contributed by atoms with Crippen LogP contribution in [-0.4, -0.2) is 11.8 Å². The highest BCUT2D eigenvalue weighted by Crippen LogP contribution is 2.29. The first-order valence-electron chi connectivity index (χ1n) is 4.33. The fourth-order valence-electron chi connectivity index (χ4n) is 1.79. The van der Waals surface area contributed by atoms with E-state index in [4.69, 9.17) is 11.5 Å². The van der Waals surface area contributed by atoms with E-state index >= 15 is 0 Å².